The number of aliphatic hydroxyl groups excluding tert-OH is 1. The van der Waals surface area contributed by atoms with Crippen molar-refractivity contribution in [3.8, 4) is 22.6 Å². The van der Waals surface area contributed by atoms with Crippen molar-refractivity contribution in [2.24, 2.45) is 5.92 Å². The SMILES string of the molecule is CCCn1nnc(-c2ccc(-c3ccc(N4C[C@@H](C(O)C5CC5)OC4=O)cc3F)cn2)n1.O=P(O)(O)O. The van der Waals surface area contributed by atoms with Gasteiger partial charge in [-0.2, -0.15) is 4.80 Å². The molecule has 37 heavy (non-hydrogen) atoms. The van der Waals surface area contributed by atoms with E-state index in [-0.39, 0.29) is 12.5 Å². The first-order chi connectivity index (χ1) is 17.5. The zero-order valence-electron chi connectivity index (χ0n) is 19.8. The van der Waals surface area contributed by atoms with Crippen LogP contribution in [0.15, 0.2) is 36.5 Å². The Balaban J connectivity index is 0.000000586. The van der Waals surface area contributed by atoms with E-state index in [9.17, 15) is 14.3 Å². The zero-order chi connectivity index (χ0) is 26.7. The predicted molar refractivity (Wildman–Crippen MR) is 127 cm³/mol. The third-order valence-electron chi connectivity index (χ3n) is 5.77. The molecule has 2 fully saturated rings. The van der Waals surface area contributed by atoms with E-state index in [1.807, 2.05) is 6.92 Å². The summed E-state index contributed by atoms with van der Waals surface area (Å²) in [5.41, 5.74) is 1.89. The number of aliphatic hydroxyl groups is 1. The lowest BCUT2D eigenvalue weighted by molar-refractivity contribution is 0.0200. The van der Waals surface area contributed by atoms with Gasteiger partial charge in [-0.1, -0.05) is 13.0 Å². The number of benzene rings is 1. The first-order valence-electron chi connectivity index (χ1n) is 11.5. The normalized spacial score (nSPS) is 18.3. The van der Waals surface area contributed by atoms with Gasteiger partial charge in [0.05, 0.1) is 24.9 Å². The lowest BCUT2D eigenvalue weighted by atomic mass is 10.1. The average Bonchev–Trinajstić information content (AvgIpc) is 3.46. The van der Waals surface area contributed by atoms with Crippen LogP contribution in [0, 0.1) is 11.7 Å². The van der Waals surface area contributed by atoms with E-state index < -0.39 is 31.9 Å². The second kappa shape index (κ2) is 11.0. The van der Waals surface area contributed by atoms with Crippen molar-refractivity contribution in [2.75, 3.05) is 11.4 Å². The quantitative estimate of drug-likeness (QED) is 0.324. The molecule has 2 aromatic heterocycles. The molecule has 3 aromatic rings. The van der Waals surface area contributed by atoms with Crippen LogP contribution in [0.2, 0.25) is 0 Å². The van der Waals surface area contributed by atoms with Crippen LogP contribution in [0.1, 0.15) is 26.2 Å². The fourth-order valence-corrected chi connectivity index (χ4v) is 3.85. The molecule has 198 valence electrons. The summed E-state index contributed by atoms with van der Waals surface area (Å²) in [6.45, 7) is 2.91. The Kier molecular flexibility index (Phi) is 7.95. The van der Waals surface area contributed by atoms with Gasteiger partial charge < -0.3 is 24.5 Å². The topological polar surface area (TPSA) is 184 Å². The van der Waals surface area contributed by atoms with E-state index >= 15 is 0 Å². The van der Waals surface area contributed by atoms with Gasteiger partial charge >= 0.3 is 13.9 Å². The Morgan fingerprint density at radius 2 is 1.95 bits per heavy atom. The lowest BCUT2D eigenvalue weighted by Crippen LogP contribution is -2.32. The van der Waals surface area contributed by atoms with Gasteiger partial charge in [-0.25, -0.2) is 13.8 Å². The highest BCUT2D eigenvalue weighted by Gasteiger charge is 2.43. The molecule has 15 heteroatoms. The number of nitrogens with zero attached hydrogens (tertiary/aromatic N) is 6. The number of ether oxygens (including phenoxy) is 1. The van der Waals surface area contributed by atoms with Crippen LogP contribution in [0.5, 0.6) is 0 Å². The summed E-state index contributed by atoms with van der Waals surface area (Å²) in [7, 11) is -4.64. The summed E-state index contributed by atoms with van der Waals surface area (Å²) < 4.78 is 29.1. The Morgan fingerprint density at radius 3 is 2.54 bits per heavy atom. The number of tetrazole rings is 1. The molecule has 2 aliphatic rings. The van der Waals surface area contributed by atoms with Crippen molar-refractivity contribution < 1.29 is 38.3 Å². The number of carbonyl (C=O) groups excluding carboxylic acids is 1. The Bertz CT molecular complexity index is 1290. The van der Waals surface area contributed by atoms with Crippen LogP contribution >= 0.6 is 7.82 Å². The molecule has 1 aromatic carbocycles. The predicted octanol–water partition coefficient (Wildman–Crippen LogP) is 2.12. The number of amides is 1. The third-order valence-corrected chi connectivity index (χ3v) is 5.77. The first-order valence-corrected chi connectivity index (χ1v) is 13.1. The Hall–Kier alpha value is -3.29. The molecule has 0 bridgehead atoms. The maximum atomic E-state index is 14.9. The van der Waals surface area contributed by atoms with Gasteiger partial charge in [-0.3, -0.25) is 9.88 Å². The third kappa shape index (κ3) is 6.93. The number of cyclic esters (lactones) is 1. The standard InChI is InChI=1S/C22H23FN6O3.H3O4P/c1-2-9-29-26-21(25-27-29)18-8-5-14(11-24-18)16-7-6-15(10-17(16)23)28-12-19(32-22(28)31)20(30)13-3-4-13;1-5(2,3)4/h5-8,10-11,13,19-20,30H,2-4,9,12H2,1H3;(H3,1,2,3,4)/t19-,20?;/m0./s1. The molecule has 1 aliphatic carbocycles. The van der Waals surface area contributed by atoms with E-state index in [0.29, 0.717) is 34.9 Å². The van der Waals surface area contributed by atoms with Crippen molar-refractivity contribution >= 4 is 19.6 Å². The van der Waals surface area contributed by atoms with Gasteiger partial charge in [0.1, 0.15) is 17.6 Å². The number of hydrogen-bond acceptors (Lipinski definition) is 8. The molecule has 1 unspecified atom stereocenters. The van der Waals surface area contributed by atoms with E-state index in [1.165, 1.54) is 15.8 Å². The molecule has 13 nitrogen and oxygen atoms in total. The molecule has 0 spiro atoms. The fourth-order valence-electron chi connectivity index (χ4n) is 3.85. The van der Waals surface area contributed by atoms with E-state index in [2.05, 4.69) is 20.4 Å². The van der Waals surface area contributed by atoms with Gasteiger partial charge in [0.2, 0.25) is 5.82 Å². The molecule has 1 aliphatic heterocycles. The number of hydrogen-bond donors (Lipinski definition) is 4. The van der Waals surface area contributed by atoms with Crippen molar-refractivity contribution in [3.63, 3.8) is 0 Å². The summed E-state index contributed by atoms with van der Waals surface area (Å²) in [5, 5.41) is 22.5. The van der Waals surface area contributed by atoms with Crippen molar-refractivity contribution in [3.05, 3.63) is 42.3 Å². The largest absolute Gasteiger partial charge is 0.466 e. The minimum Gasteiger partial charge on any atom is -0.441 e. The zero-order valence-corrected chi connectivity index (χ0v) is 20.6. The van der Waals surface area contributed by atoms with Crippen LogP contribution in [0.3, 0.4) is 0 Å². The van der Waals surface area contributed by atoms with E-state index in [4.69, 9.17) is 24.0 Å². The number of carbonyl (C=O) groups is 1. The second-order valence-corrected chi connectivity index (χ2v) is 9.71. The lowest BCUT2D eigenvalue weighted by Gasteiger charge is -2.16. The van der Waals surface area contributed by atoms with Crippen molar-refractivity contribution in [1.29, 1.82) is 0 Å². The van der Waals surface area contributed by atoms with Crippen molar-refractivity contribution in [1.82, 2.24) is 25.2 Å². The smallest absolute Gasteiger partial charge is 0.441 e. The number of phosphoric acid groups is 1. The molecule has 5 rings (SSSR count). The number of anilines is 1. The minimum atomic E-state index is -4.64. The van der Waals surface area contributed by atoms with Crippen LogP contribution in [0.4, 0.5) is 14.9 Å². The second-order valence-electron chi connectivity index (χ2n) is 8.68. The molecule has 0 radical (unpaired) electrons. The molecular formula is C22H26FN6O7P. The van der Waals surface area contributed by atoms with E-state index in [1.54, 1.807) is 30.5 Å². The molecule has 3 heterocycles. The van der Waals surface area contributed by atoms with Crippen LogP contribution in [-0.2, 0) is 15.8 Å². The van der Waals surface area contributed by atoms with Gasteiger partial charge in [0.25, 0.3) is 0 Å². The average molecular weight is 536 g/mol. The summed E-state index contributed by atoms with van der Waals surface area (Å²) in [5.74, 6) is 0.119. The van der Waals surface area contributed by atoms with Gasteiger partial charge in [0, 0.05) is 17.3 Å². The van der Waals surface area contributed by atoms with Gasteiger partial charge in [-0.15, -0.1) is 10.2 Å². The minimum absolute atomic E-state index is 0.189. The number of rotatable bonds is 7. The highest BCUT2D eigenvalue weighted by Crippen LogP contribution is 2.37. The number of aromatic nitrogens is 5. The first kappa shape index (κ1) is 26.8. The molecule has 1 amide bonds. The molecule has 1 saturated carbocycles. The summed E-state index contributed by atoms with van der Waals surface area (Å²) in [6, 6.07) is 8.03. The highest BCUT2D eigenvalue weighted by atomic mass is 31.2. The van der Waals surface area contributed by atoms with Crippen molar-refractivity contribution in [2.45, 2.75) is 44.9 Å². The maximum absolute atomic E-state index is 14.9. The van der Waals surface area contributed by atoms with Crippen LogP contribution in [-0.4, -0.2) is 69.8 Å². The number of aryl methyl sites for hydroxylation is 1. The Labute approximate surface area is 210 Å². The maximum Gasteiger partial charge on any atom is 0.466 e. The highest BCUT2D eigenvalue weighted by molar-refractivity contribution is 7.45. The molecule has 1 saturated heterocycles. The summed E-state index contributed by atoms with van der Waals surface area (Å²) >= 11 is 0. The molecule has 4 N–H and O–H groups in total. The molecule has 2 atom stereocenters. The van der Waals surface area contributed by atoms with E-state index in [0.717, 1.165) is 19.3 Å². The number of halogens is 1. The monoisotopic (exact) mass is 536 g/mol. The fraction of sp³-hybridized carbons (Fsp3) is 0.409. The van der Waals surface area contributed by atoms with Crippen LogP contribution in [0.25, 0.3) is 22.6 Å². The summed E-state index contributed by atoms with van der Waals surface area (Å²) in [4.78, 5) is 41.0. The van der Waals surface area contributed by atoms with Gasteiger partial charge in [-0.05, 0) is 54.7 Å². The Morgan fingerprint density at radius 1 is 1.22 bits per heavy atom. The van der Waals surface area contributed by atoms with Gasteiger partial charge in [0.15, 0.2) is 0 Å². The molecular weight excluding hydrogens is 510 g/mol. The van der Waals surface area contributed by atoms with Crippen LogP contribution < -0.4 is 4.90 Å². The number of pyridine rings is 1. The summed E-state index contributed by atoms with van der Waals surface area (Å²) in [6.07, 6.45) is 2.51.